The first kappa shape index (κ1) is 25.8. The number of rotatable bonds is 10. The summed E-state index contributed by atoms with van der Waals surface area (Å²) in [6, 6.07) is 8.76. The Kier molecular flexibility index (Phi) is 7.53. The van der Waals surface area contributed by atoms with Crippen molar-refractivity contribution in [3.8, 4) is 34.3 Å². The molecule has 4 rings (SSSR count). The first-order valence-electron chi connectivity index (χ1n) is 11.3. The maximum atomic E-state index is 13.5. The summed E-state index contributed by atoms with van der Waals surface area (Å²) in [7, 11) is 0.526. The Morgan fingerprint density at radius 2 is 1.57 bits per heavy atom. The Bertz CT molecular complexity index is 1440. The van der Waals surface area contributed by atoms with Gasteiger partial charge in [0.1, 0.15) is 23.0 Å². The van der Waals surface area contributed by atoms with Crippen LogP contribution in [0.3, 0.4) is 0 Å². The van der Waals surface area contributed by atoms with Crippen LogP contribution in [-0.2, 0) is 10.0 Å². The lowest BCUT2D eigenvalue weighted by molar-refractivity contribution is 0.391. The zero-order valence-electron chi connectivity index (χ0n) is 21.0. The van der Waals surface area contributed by atoms with Crippen LogP contribution < -0.4 is 18.9 Å². The molecule has 0 aliphatic heterocycles. The molecule has 4 aromatic rings. The molecule has 0 spiro atoms. The second kappa shape index (κ2) is 10.8. The Balaban J connectivity index is 1.79. The van der Waals surface area contributed by atoms with Crippen LogP contribution in [0.25, 0.3) is 17.1 Å². The number of pyridine rings is 1. The third-order valence-electron chi connectivity index (χ3n) is 5.93. The predicted molar refractivity (Wildman–Crippen MR) is 137 cm³/mol. The number of hydrogen-bond acceptors (Lipinski definition) is 10. The van der Waals surface area contributed by atoms with Crippen LogP contribution in [0.5, 0.6) is 17.2 Å². The number of aromatic nitrogens is 6. The first-order chi connectivity index (χ1) is 17.8. The smallest absolute Gasteiger partial charge is 0.243 e. The lowest BCUT2D eigenvalue weighted by atomic mass is 10.1. The van der Waals surface area contributed by atoms with E-state index < -0.39 is 21.2 Å². The molecule has 1 N–H and O–H groups in total. The second-order valence-corrected chi connectivity index (χ2v) is 10.1. The molecule has 3 heterocycles. The Hall–Kier alpha value is -4.26. The summed E-state index contributed by atoms with van der Waals surface area (Å²) in [5.41, 5.74) is 1.04. The molecule has 2 atom stereocenters. The molecule has 0 bridgehead atoms. The van der Waals surface area contributed by atoms with Crippen molar-refractivity contribution in [1.82, 2.24) is 29.7 Å². The minimum absolute atomic E-state index is 0.0450. The first-order valence-corrected chi connectivity index (χ1v) is 12.8. The highest BCUT2D eigenvalue weighted by Gasteiger charge is 2.32. The molecule has 13 heteroatoms. The number of hydrogen-bond donors (Lipinski definition) is 1. The van der Waals surface area contributed by atoms with Crippen LogP contribution in [-0.4, -0.2) is 64.7 Å². The lowest BCUT2D eigenvalue weighted by Crippen LogP contribution is -2.31. The molecule has 0 saturated carbocycles. The molecule has 1 aromatic carbocycles. The number of nitrogens with zero attached hydrogens (tertiary/aromatic N) is 6. The standard InChI is InChI=1S/C24H27N7O5S/c1-15(22-26-13-18(34-3)14-27-22)16(2)37(32,33)30-24-29-28-23(17-8-7-11-25-12-17)31(24)21-19(35-4)9-6-10-20(21)36-5/h6-16H,1-5H3,(H,29,30). The molecule has 0 saturated heterocycles. The van der Waals surface area contributed by atoms with Gasteiger partial charge in [-0.3, -0.25) is 14.3 Å². The third kappa shape index (κ3) is 5.16. The van der Waals surface area contributed by atoms with Crippen LogP contribution in [0, 0.1) is 0 Å². The molecular formula is C24H27N7O5S. The van der Waals surface area contributed by atoms with Crippen LogP contribution in [0.2, 0.25) is 0 Å². The molecule has 194 valence electrons. The second-order valence-electron chi connectivity index (χ2n) is 8.06. The van der Waals surface area contributed by atoms with Gasteiger partial charge < -0.3 is 14.2 Å². The van der Waals surface area contributed by atoms with E-state index in [1.807, 2.05) is 0 Å². The molecule has 12 nitrogen and oxygen atoms in total. The minimum atomic E-state index is -4.00. The van der Waals surface area contributed by atoms with Gasteiger partial charge in [0.2, 0.25) is 16.0 Å². The van der Waals surface area contributed by atoms with Crippen molar-refractivity contribution >= 4 is 16.0 Å². The van der Waals surface area contributed by atoms with Crippen LogP contribution in [0.4, 0.5) is 5.95 Å². The minimum Gasteiger partial charge on any atom is -0.494 e. The van der Waals surface area contributed by atoms with Gasteiger partial charge >= 0.3 is 0 Å². The highest BCUT2D eigenvalue weighted by molar-refractivity contribution is 7.93. The molecule has 0 fully saturated rings. The Morgan fingerprint density at radius 1 is 0.892 bits per heavy atom. The summed E-state index contributed by atoms with van der Waals surface area (Å²) in [6.07, 6.45) is 6.22. The molecule has 0 aliphatic rings. The van der Waals surface area contributed by atoms with Gasteiger partial charge in [-0.1, -0.05) is 13.0 Å². The Labute approximate surface area is 214 Å². The zero-order valence-corrected chi connectivity index (χ0v) is 21.8. The van der Waals surface area contributed by atoms with Gasteiger partial charge in [0.15, 0.2) is 11.6 Å². The molecule has 0 amide bonds. The largest absolute Gasteiger partial charge is 0.494 e. The highest BCUT2D eigenvalue weighted by Crippen LogP contribution is 2.38. The quantitative estimate of drug-likeness (QED) is 0.328. The fraction of sp³-hybridized carbons (Fsp3) is 0.292. The number of ether oxygens (including phenoxy) is 3. The molecule has 0 radical (unpaired) electrons. The van der Waals surface area contributed by atoms with Crippen molar-refractivity contribution in [3.63, 3.8) is 0 Å². The van der Waals surface area contributed by atoms with E-state index in [0.29, 0.717) is 40.1 Å². The van der Waals surface area contributed by atoms with E-state index in [2.05, 4.69) is 29.9 Å². The highest BCUT2D eigenvalue weighted by atomic mass is 32.2. The van der Waals surface area contributed by atoms with Crippen LogP contribution >= 0.6 is 0 Å². The SMILES string of the molecule is COc1cnc(C(C)C(C)S(=O)(=O)Nc2nnc(-c3cccnc3)n2-c2c(OC)cccc2OC)nc1. The maximum absolute atomic E-state index is 13.5. The van der Waals surface area contributed by atoms with Crippen molar-refractivity contribution in [2.45, 2.75) is 25.0 Å². The lowest BCUT2D eigenvalue weighted by Gasteiger charge is -2.21. The normalized spacial score (nSPS) is 13.0. The van der Waals surface area contributed by atoms with Gasteiger partial charge in [-0.25, -0.2) is 18.4 Å². The van der Waals surface area contributed by atoms with E-state index >= 15 is 0 Å². The number of para-hydroxylation sites is 1. The molecule has 37 heavy (non-hydrogen) atoms. The summed E-state index contributed by atoms with van der Waals surface area (Å²) in [5, 5.41) is 7.53. The number of sulfonamides is 1. The Morgan fingerprint density at radius 3 is 2.14 bits per heavy atom. The average Bonchev–Trinajstić information content (AvgIpc) is 3.34. The predicted octanol–water partition coefficient (Wildman–Crippen LogP) is 3.08. The van der Waals surface area contributed by atoms with Crippen molar-refractivity contribution in [2.24, 2.45) is 0 Å². The van der Waals surface area contributed by atoms with Crippen molar-refractivity contribution < 1.29 is 22.6 Å². The van der Waals surface area contributed by atoms with Crippen LogP contribution in [0.15, 0.2) is 55.1 Å². The van der Waals surface area contributed by atoms with E-state index in [0.717, 1.165) is 0 Å². The van der Waals surface area contributed by atoms with Gasteiger partial charge in [0, 0.05) is 23.9 Å². The monoisotopic (exact) mass is 525 g/mol. The van der Waals surface area contributed by atoms with E-state index in [9.17, 15) is 8.42 Å². The van der Waals surface area contributed by atoms with Gasteiger partial charge in [0.05, 0.1) is 39.0 Å². The summed E-state index contributed by atoms with van der Waals surface area (Å²) in [6.45, 7) is 3.31. The van der Waals surface area contributed by atoms with Gasteiger partial charge in [-0.05, 0) is 31.2 Å². The van der Waals surface area contributed by atoms with Crippen LogP contribution in [0.1, 0.15) is 25.6 Å². The van der Waals surface area contributed by atoms with Crippen molar-refractivity contribution in [3.05, 3.63) is 60.9 Å². The van der Waals surface area contributed by atoms with Crippen molar-refractivity contribution in [1.29, 1.82) is 0 Å². The molecule has 0 aliphatic carbocycles. The van der Waals surface area contributed by atoms with E-state index in [-0.39, 0.29) is 5.95 Å². The summed E-state index contributed by atoms with van der Waals surface area (Å²) in [5.74, 6) is 1.45. The number of anilines is 1. The van der Waals surface area contributed by atoms with E-state index in [1.54, 1.807) is 56.6 Å². The average molecular weight is 526 g/mol. The number of benzene rings is 1. The maximum Gasteiger partial charge on any atom is 0.243 e. The zero-order chi connectivity index (χ0) is 26.6. The topological polar surface area (TPSA) is 143 Å². The molecular weight excluding hydrogens is 498 g/mol. The van der Waals surface area contributed by atoms with Gasteiger partial charge in [0.25, 0.3) is 0 Å². The van der Waals surface area contributed by atoms with Crippen molar-refractivity contribution in [2.75, 3.05) is 26.1 Å². The third-order valence-corrected chi connectivity index (χ3v) is 7.78. The van der Waals surface area contributed by atoms with Gasteiger partial charge in [-0.15, -0.1) is 10.2 Å². The number of methoxy groups -OCH3 is 3. The van der Waals surface area contributed by atoms with E-state index in [4.69, 9.17) is 14.2 Å². The molecule has 2 unspecified atom stereocenters. The summed E-state index contributed by atoms with van der Waals surface area (Å²) < 4.78 is 47.4. The molecule has 3 aromatic heterocycles. The fourth-order valence-corrected chi connectivity index (χ4v) is 4.89. The fourth-order valence-electron chi connectivity index (χ4n) is 3.66. The van der Waals surface area contributed by atoms with E-state index in [1.165, 1.54) is 38.3 Å². The van der Waals surface area contributed by atoms with Gasteiger partial charge in [-0.2, -0.15) is 0 Å². The summed E-state index contributed by atoms with van der Waals surface area (Å²) >= 11 is 0. The number of nitrogens with one attached hydrogen (secondary N) is 1. The summed E-state index contributed by atoms with van der Waals surface area (Å²) in [4.78, 5) is 12.6.